The number of hydrogen-bond donors (Lipinski definition) is 1. The Morgan fingerprint density at radius 2 is 2.17 bits per heavy atom. The van der Waals surface area contributed by atoms with E-state index in [1.165, 1.54) is 12.0 Å². The average Bonchev–Trinajstić information content (AvgIpc) is 2.63. The number of rotatable bonds is 3. The molecule has 1 aromatic rings. The van der Waals surface area contributed by atoms with Crippen molar-refractivity contribution >= 4 is 11.9 Å². The van der Waals surface area contributed by atoms with Crippen molar-refractivity contribution in [2.24, 2.45) is 0 Å². The molecule has 2 rings (SSSR count). The van der Waals surface area contributed by atoms with Crippen LogP contribution in [0.4, 0.5) is 0 Å². The summed E-state index contributed by atoms with van der Waals surface area (Å²) in [6.07, 6.45) is -1.05. The first-order chi connectivity index (χ1) is 8.56. The molecule has 0 saturated heterocycles. The molecule has 0 aliphatic carbocycles. The van der Waals surface area contributed by atoms with Crippen molar-refractivity contribution < 1.29 is 19.4 Å². The van der Waals surface area contributed by atoms with Crippen molar-refractivity contribution in [1.82, 2.24) is 4.90 Å². The lowest BCUT2D eigenvalue weighted by Crippen LogP contribution is -2.31. The number of ether oxygens (including phenoxy) is 1. The zero-order valence-corrected chi connectivity index (χ0v) is 9.92. The molecule has 1 unspecified atom stereocenters. The summed E-state index contributed by atoms with van der Waals surface area (Å²) in [6, 6.07) is 6.79. The molecule has 1 aliphatic heterocycles. The third kappa shape index (κ3) is 1.89. The van der Waals surface area contributed by atoms with Gasteiger partial charge in [0.2, 0.25) is 0 Å². The Balaban J connectivity index is 2.21. The average molecular weight is 247 g/mol. The van der Waals surface area contributed by atoms with Crippen molar-refractivity contribution in [3.63, 3.8) is 0 Å². The first-order valence-electron chi connectivity index (χ1n) is 5.40. The van der Waals surface area contributed by atoms with Gasteiger partial charge in [-0.1, -0.05) is 24.8 Å². The zero-order chi connectivity index (χ0) is 13.3. The molecule has 1 aliphatic rings. The first kappa shape index (κ1) is 12.3. The highest BCUT2D eigenvalue weighted by Crippen LogP contribution is 2.31. The number of benzene rings is 1. The molecule has 18 heavy (non-hydrogen) atoms. The lowest BCUT2D eigenvalue weighted by atomic mass is 10.1. The van der Waals surface area contributed by atoms with E-state index < -0.39 is 12.2 Å². The van der Waals surface area contributed by atoms with Crippen LogP contribution in [0.1, 0.15) is 22.1 Å². The van der Waals surface area contributed by atoms with Crippen LogP contribution < -0.4 is 0 Å². The van der Waals surface area contributed by atoms with Gasteiger partial charge in [0.15, 0.2) is 6.23 Å². The highest BCUT2D eigenvalue weighted by molar-refractivity contribution is 6.00. The van der Waals surface area contributed by atoms with E-state index in [2.05, 4.69) is 11.3 Å². The van der Waals surface area contributed by atoms with Crippen LogP contribution in [-0.4, -0.2) is 35.5 Å². The van der Waals surface area contributed by atoms with Crippen LogP contribution in [0.5, 0.6) is 0 Å². The number of carbonyl (C=O) groups excluding carboxylic acids is 2. The molecule has 94 valence electrons. The fourth-order valence-electron chi connectivity index (χ4n) is 1.92. The van der Waals surface area contributed by atoms with E-state index in [4.69, 9.17) is 0 Å². The summed E-state index contributed by atoms with van der Waals surface area (Å²) in [5.41, 5.74) is 1.11. The molecular formula is C13H13NO4. The topological polar surface area (TPSA) is 66.8 Å². The second-order valence-corrected chi connectivity index (χ2v) is 3.99. The van der Waals surface area contributed by atoms with Crippen LogP contribution in [0.2, 0.25) is 0 Å². The Labute approximate surface area is 104 Å². The summed E-state index contributed by atoms with van der Waals surface area (Å²) in [4.78, 5) is 24.5. The molecule has 1 heterocycles. The van der Waals surface area contributed by atoms with Gasteiger partial charge in [0.25, 0.3) is 5.91 Å². The van der Waals surface area contributed by atoms with Gasteiger partial charge in [0.05, 0.1) is 13.7 Å². The largest absolute Gasteiger partial charge is 0.466 e. The molecular weight excluding hydrogens is 234 g/mol. The summed E-state index contributed by atoms with van der Waals surface area (Å²) in [6.45, 7) is 3.49. The minimum absolute atomic E-state index is 0.0542. The Morgan fingerprint density at radius 3 is 2.78 bits per heavy atom. The van der Waals surface area contributed by atoms with E-state index in [1.807, 2.05) is 0 Å². The van der Waals surface area contributed by atoms with Gasteiger partial charge in [-0.05, 0) is 6.07 Å². The van der Waals surface area contributed by atoms with Gasteiger partial charge in [0, 0.05) is 16.7 Å². The number of aliphatic hydroxyl groups is 1. The van der Waals surface area contributed by atoms with E-state index in [0.717, 1.165) is 0 Å². The van der Waals surface area contributed by atoms with Gasteiger partial charge in [-0.15, -0.1) is 0 Å². The normalized spacial score (nSPS) is 17.6. The summed E-state index contributed by atoms with van der Waals surface area (Å²) in [5.74, 6) is -0.908. The molecule has 1 N–H and O–H groups in total. The minimum atomic E-state index is -1.05. The van der Waals surface area contributed by atoms with Crippen molar-refractivity contribution in [3.05, 3.63) is 47.5 Å². The van der Waals surface area contributed by atoms with Crippen LogP contribution in [-0.2, 0) is 9.53 Å². The predicted octanol–water partition coefficient (Wildman–Crippen LogP) is 0.863. The summed E-state index contributed by atoms with van der Waals surface area (Å²) in [7, 11) is 1.24. The molecule has 0 bridgehead atoms. The number of aliphatic hydroxyl groups excluding tert-OH is 1. The van der Waals surface area contributed by atoms with Gasteiger partial charge < -0.3 is 14.7 Å². The number of amides is 1. The number of hydrogen-bond acceptors (Lipinski definition) is 4. The zero-order valence-electron chi connectivity index (χ0n) is 9.92. The number of carbonyl (C=O) groups is 2. The predicted molar refractivity (Wildman–Crippen MR) is 63.6 cm³/mol. The van der Waals surface area contributed by atoms with Crippen molar-refractivity contribution in [2.75, 3.05) is 13.7 Å². The van der Waals surface area contributed by atoms with Crippen LogP contribution in [0.3, 0.4) is 0 Å². The highest BCUT2D eigenvalue weighted by atomic mass is 16.5. The van der Waals surface area contributed by atoms with Gasteiger partial charge in [0.1, 0.15) is 0 Å². The Kier molecular flexibility index (Phi) is 3.16. The molecule has 1 amide bonds. The maximum absolute atomic E-state index is 12.0. The second kappa shape index (κ2) is 4.62. The van der Waals surface area contributed by atoms with E-state index in [0.29, 0.717) is 11.1 Å². The fourth-order valence-corrected chi connectivity index (χ4v) is 1.92. The standard InChI is InChI=1S/C13H13NO4/c1-8(13(17)18-2)7-14-11(15)9-5-3-4-6-10(9)12(14)16/h3-6,11,15H,1,7H2,2H3. The van der Waals surface area contributed by atoms with E-state index in [9.17, 15) is 14.7 Å². The van der Waals surface area contributed by atoms with E-state index in [1.54, 1.807) is 24.3 Å². The quantitative estimate of drug-likeness (QED) is 0.635. The monoisotopic (exact) mass is 247 g/mol. The number of fused-ring (bicyclic) bond motifs is 1. The molecule has 0 spiro atoms. The first-order valence-corrected chi connectivity index (χ1v) is 5.40. The summed E-state index contributed by atoms with van der Waals surface area (Å²) < 4.78 is 4.51. The summed E-state index contributed by atoms with van der Waals surface area (Å²) in [5, 5.41) is 10.0. The maximum atomic E-state index is 12.0. The van der Waals surface area contributed by atoms with Crippen LogP contribution >= 0.6 is 0 Å². The molecule has 1 atom stereocenters. The highest BCUT2D eigenvalue weighted by Gasteiger charge is 2.35. The number of esters is 1. The second-order valence-electron chi connectivity index (χ2n) is 3.99. The fraction of sp³-hybridized carbons (Fsp3) is 0.231. The molecule has 0 radical (unpaired) electrons. The van der Waals surface area contributed by atoms with Crippen molar-refractivity contribution in [3.8, 4) is 0 Å². The SMILES string of the molecule is C=C(CN1C(=O)c2ccccc2C1O)C(=O)OC. The molecule has 0 aromatic heterocycles. The van der Waals surface area contributed by atoms with Gasteiger partial charge in [-0.25, -0.2) is 4.79 Å². The van der Waals surface area contributed by atoms with Crippen molar-refractivity contribution in [1.29, 1.82) is 0 Å². The smallest absolute Gasteiger partial charge is 0.334 e. The Hall–Kier alpha value is -2.14. The van der Waals surface area contributed by atoms with Crippen LogP contribution in [0.25, 0.3) is 0 Å². The maximum Gasteiger partial charge on any atom is 0.334 e. The molecule has 1 aromatic carbocycles. The van der Waals surface area contributed by atoms with E-state index in [-0.39, 0.29) is 18.0 Å². The van der Waals surface area contributed by atoms with Crippen LogP contribution in [0, 0.1) is 0 Å². The van der Waals surface area contributed by atoms with Crippen LogP contribution in [0.15, 0.2) is 36.4 Å². The molecule has 5 nitrogen and oxygen atoms in total. The Morgan fingerprint density at radius 1 is 1.50 bits per heavy atom. The van der Waals surface area contributed by atoms with Crippen molar-refractivity contribution in [2.45, 2.75) is 6.23 Å². The molecule has 5 heteroatoms. The third-order valence-corrected chi connectivity index (χ3v) is 2.86. The van der Waals surface area contributed by atoms with Gasteiger partial charge in [-0.2, -0.15) is 0 Å². The molecule has 0 saturated carbocycles. The van der Waals surface area contributed by atoms with Gasteiger partial charge in [-0.3, -0.25) is 4.79 Å². The lowest BCUT2D eigenvalue weighted by molar-refractivity contribution is -0.136. The number of nitrogens with zero attached hydrogens (tertiary/aromatic N) is 1. The third-order valence-electron chi connectivity index (χ3n) is 2.86. The number of methoxy groups -OCH3 is 1. The van der Waals surface area contributed by atoms with Gasteiger partial charge >= 0.3 is 5.97 Å². The summed E-state index contributed by atoms with van der Waals surface area (Å²) >= 11 is 0. The minimum Gasteiger partial charge on any atom is -0.466 e. The Bertz CT molecular complexity index is 523. The lowest BCUT2D eigenvalue weighted by Gasteiger charge is -2.21. The van der Waals surface area contributed by atoms with E-state index >= 15 is 0 Å². The molecule has 0 fully saturated rings.